The SMILES string of the molecule is CCCCC[C@H]1CC[C@H]([C@@H]2CC[C@@H](C3CCC(c4ccc(OCC)c(F)c4F)CC3)C(=O)O2)CC1. The highest BCUT2D eigenvalue weighted by Gasteiger charge is 2.41. The molecule has 1 saturated heterocycles. The van der Waals surface area contributed by atoms with Crippen LogP contribution in [-0.4, -0.2) is 18.7 Å². The van der Waals surface area contributed by atoms with Crippen LogP contribution in [0.4, 0.5) is 8.78 Å². The molecule has 4 rings (SSSR count). The summed E-state index contributed by atoms with van der Waals surface area (Å²) in [5, 5.41) is 0. The molecular weight excluding hydrogens is 446 g/mol. The van der Waals surface area contributed by atoms with Crippen molar-refractivity contribution in [3.63, 3.8) is 0 Å². The monoisotopic (exact) mass is 490 g/mol. The largest absolute Gasteiger partial charge is 0.491 e. The van der Waals surface area contributed by atoms with Crippen molar-refractivity contribution in [2.45, 2.75) is 116 Å². The summed E-state index contributed by atoms with van der Waals surface area (Å²) in [6.45, 7) is 4.32. The Labute approximate surface area is 210 Å². The Morgan fingerprint density at radius 2 is 1.57 bits per heavy atom. The standard InChI is InChI=1S/C30H44F2O3/c1-3-5-6-7-20-8-10-23(11-9-20)26-18-17-25(30(33)35-26)22-14-12-21(13-15-22)24-16-19-27(34-4-2)29(32)28(24)31/h16,19-23,25-26H,3-15,17-18H2,1-2H3/t20-,21?,22?,23-,25-,26-/m0/s1. The van der Waals surface area contributed by atoms with Gasteiger partial charge in [-0.05, 0) is 93.6 Å². The van der Waals surface area contributed by atoms with Gasteiger partial charge in [-0.15, -0.1) is 0 Å². The van der Waals surface area contributed by atoms with E-state index in [2.05, 4.69) is 6.92 Å². The van der Waals surface area contributed by atoms with E-state index in [1.54, 1.807) is 19.1 Å². The van der Waals surface area contributed by atoms with Crippen molar-refractivity contribution < 1.29 is 23.0 Å². The van der Waals surface area contributed by atoms with Gasteiger partial charge >= 0.3 is 5.97 Å². The number of ether oxygens (including phenoxy) is 2. The summed E-state index contributed by atoms with van der Waals surface area (Å²) in [5.74, 6) is -0.0209. The summed E-state index contributed by atoms with van der Waals surface area (Å²) in [5.41, 5.74) is 0.445. The molecule has 1 aliphatic heterocycles. The lowest BCUT2D eigenvalue weighted by Gasteiger charge is -2.40. The van der Waals surface area contributed by atoms with Gasteiger partial charge in [-0.2, -0.15) is 4.39 Å². The highest BCUT2D eigenvalue weighted by Crippen LogP contribution is 2.45. The number of carbonyl (C=O) groups excluding carboxylic acids is 1. The van der Waals surface area contributed by atoms with Crippen molar-refractivity contribution in [2.75, 3.05) is 6.61 Å². The van der Waals surface area contributed by atoms with E-state index in [0.29, 0.717) is 24.0 Å². The van der Waals surface area contributed by atoms with E-state index in [-0.39, 0.29) is 29.7 Å². The Balaban J connectivity index is 1.24. The van der Waals surface area contributed by atoms with Crippen LogP contribution >= 0.6 is 0 Å². The molecule has 0 bridgehead atoms. The lowest BCUT2D eigenvalue weighted by molar-refractivity contribution is -0.168. The predicted molar refractivity (Wildman–Crippen MR) is 134 cm³/mol. The van der Waals surface area contributed by atoms with E-state index in [4.69, 9.17) is 9.47 Å². The number of carbonyl (C=O) groups is 1. The van der Waals surface area contributed by atoms with E-state index < -0.39 is 11.6 Å². The average Bonchev–Trinajstić information content (AvgIpc) is 2.88. The third-order valence-corrected chi connectivity index (χ3v) is 9.12. The molecule has 0 amide bonds. The maximum absolute atomic E-state index is 14.7. The van der Waals surface area contributed by atoms with Gasteiger partial charge in [-0.25, -0.2) is 4.39 Å². The lowest BCUT2D eigenvalue weighted by atomic mass is 9.70. The molecule has 2 saturated carbocycles. The van der Waals surface area contributed by atoms with E-state index >= 15 is 0 Å². The number of benzene rings is 1. The van der Waals surface area contributed by atoms with E-state index in [9.17, 15) is 13.6 Å². The minimum atomic E-state index is -0.886. The number of halogens is 2. The van der Waals surface area contributed by atoms with Crippen LogP contribution < -0.4 is 4.74 Å². The molecule has 2 aliphatic carbocycles. The van der Waals surface area contributed by atoms with Gasteiger partial charge in [-0.3, -0.25) is 4.79 Å². The summed E-state index contributed by atoms with van der Waals surface area (Å²) in [6.07, 6.45) is 15.6. The molecule has 0 radical (unpaired) electrons. The van der Waals surface area contributed by atoms with Crippen LogP contribution in [-0.2, 0) is 9.53 Å². The van der Waals surface area contributed by atoms with Crippen molar-refractivity contribution in [1.29, 1.82) is 0 Å². The first-order valence-electron chi connectivity index (χ1n) is 14.3. The number of unbranched alkanes of at least 4 members (excludes halogenated alkanes) is 2. The molecule has 5 heteroatoms. The van der Waals surface area contributed by atoms with Crippen molar-refractivity contribution in [1.82, 2.24) is 0 Å². The maximum Gasteiger partial charge on any atom is 0.309 e. The van der Waals surface area contributed by atoms with Gasteiger partial charge in [0.2, 0.25) is 5.82 Å². The van der Waals surface area contributed by atoms with Crippen LogP contribution in [0.2, 0.25) is 0 Å². The Hall–Kier alpha value is -1.65. The third kappa shape index (κ3) is 6.38. The lowest BCUT2D eigenvalue weighted by Crippen LogP contribution is -2.40. The van der Waals surface area contributed by atoms with Gasteiger partial charge < -0.3 is 9.47 Å². The first-order chi connectivity index (χ1) is 17.0. The number of hydrogen-bond acceptors (Lipinski definition) is 3. The number of rotatable bonds is 9. The Kier molecular flexibility index (Phi) is 9.46. The molecule has 0 aromatic heterocycles. The summed E-state index contributed by atoms with van der Waals surface area (Å²) in [4.78, 5) is 13.0. The van der Waals surface area contributed by atoms with Crippen LogP contribution in [0.1, 0.15) is 115 Å². The molecule has 196 valence electrons. The number of hydrogen-bond donors (Lipinski definition) is 0. The first kappa shape index (κ1) is 26.4. The van der Waals surface area contributed by atoms with Crippen molar-refractivity contribution in [2.24, 2.45) is 23.7 Å². The van der Waals surface area contributed by atoms with Gasteiger partial charge in [0.05, 0.1) is 12.5 Å². The molecule has 3 aliphatic rings. The molecule has 35 heavy (non-hydrogen) atoms. The fourth-order valence-corrected chi connectivity index (χ4v) is 7.01. The first-order valence-corrected chi connectivity index (χ1v) is 14.3. The molecular formula is C30H44F2O3. The zero-order valence-electron chi connectivity index (χ0n) is 21.7. The zero-order valence-corrected chi connectivity index (χ0v) is 21.7. The Morgan fingerprint density at radius 3 is 2.23 bits per heavy atom. The predicted octanol–water partition coefficient (Wildman–Crippen LogP) is 8.35. The fraction of sp³-hybridized carbons (Fsp3) is 0.767. The van der Waals surface area contributed by atoms with Crippen molar-refractivity contribution in [3.05, 3.63) is 29.3 Å². The third-order valence-electron chi connectivity index (χ3n) is 9.12. The van der Waals surface area contributed by atoms with E-state index in [0.717, 1.165) is 44.4 Å². The van der Waals surface area contributed by atoms with Crippen LogP contribution in [0.5, 0.6) is 5.75 Å². The molecule has 2 atom stereocenters. The normalized spacial score (nSPS) is 31.7. The second kappa shape index (κ2) is 12.5. The van der Waals surface area contributed by atoms with Gasteiger partial charge in [0.15, 0.2) is 11.6 Å². The average molecular weight is 491 g/mol. The summed E-state index contributed by atoms with van der Waals surface area (Å²) in [7, 11) is 0. The zero-order chi connectivity index (χ0) is 24.8. The molecule has 1 aromatic rings. The minimum Gasteiger partial charge on any atom is -0.491 e. The highest BCUT2D eigenvalue weighted by molar-refractivity contribution is 5.73. The van der Waals surface area contributed by atoms with Crippen LogP contribution in [0.3, 0.4) is 0 Å². The maximum atomic E-state index is 14.7. The van der Waals surface area contributed by atoms with Gasteiger partial charge in [-0.1, -0.05) is 51.5 Å². The van der Waals surface area contributed by atoms with Crippen LogP contribution in [0.15, 0.2) is 12.1 Å². The smallest absolute Gasteiger partial charge is 0.309 e. The second-order valence-electron chi connectivity index (χ2n) is 11.3. The molecule has 1 heterocycles. The number of esters is 1. The molecule has 3 nitrogen and oxygen atoms in total. The molecule has 0 spiro atoms. The van der Waals surface area contributed by atoms with E-state index in [1.807, 2.05) is 0 Å². The van der Waals surface area contributed by atoms with E-state index in [1.165, 1.54) is 51.4 Å². The van der Waals surface area contributed by atoms with Crippen molar-refractivity contribution >= 4 is 5.97 Å². The molecule has 0 N–H and O–H groups in total. The molecule has 1 aromatic carbocycles. The quantitative estimate of drug-likeness (QED) is 0.258. The summed E-state index contributed by atoms with van der Waals surface area (Å²) < 4.78 is 40.2. The topological polar surface area (TPSA) is 35.5 Å². The molecule has 0 unspecified atom stereocenters. The van der Waals surface area contributed by atoms with Gasteiger partial charge in [0.25, 0.3) is 0 Å². The van der Waals surface area contributed by atoms with Gasteiger partial charge in [0.1, 0.15) is 6.10 Å². The second-order valence-corrected chi connectivity index (χ2v) is 11.3. The molecule has 3 fully saturated rings. The highest BCUT2D eigenvalue weighted by atomic mass is 19.2. The fourth-order valence-electron chi connectivity index (χ4n) is 7.01. The Bertz CT molecular complexity index is 825. The minimum absolute atomic E-state index is 0.00343. The van der Waals surface area contributed by atoms with Crippen LogP contribution in [0.25, 0.3) is 0 Å². The Morgan fingerprint density at radius 1 is 0.857 bits per heavy atom. The summed E-state index contributed by atoms with van der Waals surface area (Å²) >= 11 is 0. The van der Waals surface area contributed by atoms with Crippen LogP contribution in [0, 0.1) is 35.3 Å². The van der Waals surface area contributed by atoms with Gasteiger partial charge in [0, 0.05) is 0 Å². The number of cyclic esters (lactones) is 1. The van der Waals surface area contributed by atoms with Crippen molar-refractivity contribution in [3.8, 4) is 5.75 Å². The summed E-state index contributed by atoms with van der Waals surface area (Å²) in [6, 6.07) is 3.22.